The zero-order valence-electron chi connectivity index (χ0n) is 19.3. The minimum Gasteiger partial charge on any atom is -0.492 e. The average molecular weight is 463 g/mol. The van der Waals surface area contributed by atoms with Crippen LogP contribution in [-0.4, -0.2) is 27.3 Å². The van der Waals surface area contributed by atoms with E-state index in [2.05, 4.69) is 43.3 Å². The number of hydrogen-bond acceptors (Lipinski definition) is 4. The summed E-state index contributed by atoms with van der Waals surface area (Å²) < 4.78 is 7.36. The van der Waals surface area contributed by atoms with E-state index in [9.17, 15) is 4.79 Å². The zero-order chi connectivity index (χ0) is 23.5. The van der Waals surface area contributed by atoms with Crippen molar-refractivity contribution in [2.75, 3.05) is 11.9 Å². The maximum Gasteiger partial charge on any atom is 0.225 e. The van der Waals surface area contributed by atoms with Gasteiger partial charge in [0, 0.05) is 17.9 Å². The third-order valence-corrected chi connectivity index (χ3v) is 5.71. The van der Waals surface area contributed by atoms with E-state index in [1.807, 2.05) is 37.3 Å². The quantitative estimate of drug-likeness (QED) is 0.336. The molecule has 0 fully saturated rings. The van der Waals surface area contributed by atoms with Crippen LogP contribution in [0.25, 0.3) is 16.7 Å². The Balaban J connectivity index is 1.47. The Hall–Kier alpha value is -3.38. The fourth-order valence-electron chi connectivity index (χ4n) is 3.88. The maximum absolute atomic E-state index is 12.6. The number of amides is 1. The first-order chi connectivity index (χ1) is 15.8. The molecule has 1 N–H and O–H groups in total. The number of anilines is 1. The Morgan fingerprint density at radius 3 is 2.64 bits per heavy atom. The van der Waals surface area contributed by atoms with Crippen LogP contribution >= 0.6 is 11.6 Å². The molecule has 0 aliphatic rings. The molecule has 0 aliphatic carbocycles. The first-order valence-corrected chi connectivity index (χ1v) is 11.3. The van der Waals surface area contributed by atoms with Gasteiger partial charge in [-0.25, -0.2) is 4.98 Å². The number of hydrogen-bond donors (Lipinski definition) is 1. The lowest BCUT2D eigenvalue weighted by molar-refractivity contribution is -0.116. The number of fused-ring (bicyclic) bond motifs is 1. The predicted molar refractivity (Wildman–Crippen MR) is 133 cm³/mol. The van der Waals surface area contributed by atoms with E-state index in [4.69, 9.17) is 21.3 Å². The second-order valence-electron chi connectivity index (χ2n) is 8.29. The van der Waals surface area contributed by atoms with Gasteiger partial charge in [0.2, 0.25) is 5.91 Å². The van der Waals surface area contributed by atoms with E-state index in [0.29, 0.717) is 41.9 Å². The third kappa shape index (κ3) is 5.17. The summed E-state index contributed by atoms with van der Waals surface area (Å²) in [5.41, 5.74) is 5.18. The van der Waals surface area contributed by atoms with Crippen molar-refractivity contribution in [2.24, 2.45) is 0 Å². The molecule has 0 saturated carbocycles. The molecule has 6 nitrogen and oxygen atoms in total. The van der Waals surface area contributed by atoms with Crippen LogP contribution < -0.4 is 10.1 Å². The number of carbonyl (C=O) groups excluding carboxylic acids is 1. The molecule has 33 heavy (non-hydrogen) atoms. The highest BCUT2D eigenvalue weighted by atomic mass is 35.5. The summed E-state index contributed by atoms with van der Waals surface area (Å²) in [7, 11) is 0. The van der Waals surface area contributed by atoms with Crippen molar-refractivity contribution in [3.63, 3.8) is 0 Å². The van der Waals surface area contributed by atoms with Gasteiger partial charge in [-0.3, -0.25) is 4.79 Å². The minimum absolute atomic E-state index is 0.108. The highest BCUT2D eigenvalue weighted by molar-refractivity contribution is 6.32. The fraction of sp³-hybridized carbons (Fsp3) is 0.269. The van der Waals surface area contributed by atoms with Gasteiger partial charge in [-0.15, -0.1) is 0 Å². The summed E-state index contributed by atoms with van der Waals surface area (Å²) in [4.78, 5) is 17.5. The van der Waals surface area contributed by atoms with Crippen LogP contribution in [0, 0.1) is 27.7 Å². The topological polar surface area (TPSA) is 69.0 Å². The second kappa shape index (κ2) is 9.63. The Labute approximate surface area is 198 Å². The molecule has 0 bridgehead atoms. The van der Waals surface area contributed by atoms with E-state index < -0.39 is 0 Å². The third-order valence-electron chi connectivity index (χ3n) is 5.40. The van der Waals surface area contributed by atoms with Crippen molar-refractivity contribution in [1.29, 1.82) is 0 Å². The van der Waals surface area contributed by atoms with Crippen LogP contribution in [0.4, 0.5) is 5.82 Å². The summed E-state index contributed by atoms with van der Waals surface area (Å²) in [6.07, 6.45) is 0.882. The SMILES string of the molecule is Cc1cc(C)c2nc(-n3nc(C)cc3NC(=O)CCCOc3ccccc3Cl)cc(C)c2c1. The van der Waals surface area contributed by atoms with Gasteiger partial charge in [-0.1, -0.05) is 35.4 Å². The molecule has 2 heterocycles. The van der Waals surface area contributed by atoms with Gasteiger partial charge >= 0.3 is 0 Å². The molecule has 170 valence electrons. The van der Waals surface area contributed by atoms with Crippen molar-refractivity contribution in [3.8, 4) is 11.6 Å². The molecular formula is C26H27ClN4O2. The standard InChI is InChI=1S/C26H27ClN4O2/c1-16-12-18(3)26-20(13-16)17(2)14-23(29-26)31-24(15-19(4)30-31)28-25(32)10-7-11-33-22-9-6-5-8-21(22)27/h5-6,8-9,12-15H,7,10-11H2,1-4H3,(H,28,32). The van der Waals surface area contributed by atoms with Crippen molar-refractivity contribution < 1.29 is 9.53 Å². The smallest absolute Gasteiger partial charge is 0.225 e. The monoisotopic (exact) mass is 462 g/mol. The van der Waals surface area contributed by atoms with Crippen molar-refractivity contribution in [2.45, 2.75) is 40.5 Å². The van der Waals surface area contributed by atoms with Gasteiger partial charge in [0.05, 0.1) is 22.8 Å². The molecule has 4 aromatic rings. The number of rotatable bonds is 7. The summed E-state index contributed by atoms with van der Waals surface area (Å²) in [5.74, 6) is 1.79. The van der Waals surface area contributed by atoms with Gasteiger partial charge in [0.1, 0.15) is 11.6 Å². The summed E-state index contributed by atoms with van der Waals surface area (Å²) in [6, 6.07) is 15.4. The van der Waals surface area contributed by atoms with Crippen molar-refractivity contribution in [3.05, 3.63) is 75.9 Å². The molecule has 7 heteroatoms. The molecular weight excluding hydrogens is 436 g/mol. The number of pyridine rings is 1. The van der Waals surface area contributed by atoms with Crippen molar-refractivity contribution >= 4 is 34.2 Å². The fourth-order valence-corrected chi connectivity index (χ4v) is 4.07. The Morgan fingerprint density at radius 2 is 1.85 bits per heavy atom. The molecule has 0 spiro atoms. The van der Waals surface area contributed by atoms with E-state index in [-0.39, 0.29) is 5.91 Å². The highest BCUT2D eigenvalue weighted by Gasteiger charge is 2.14. The van der Waals surface area contributed by atoms with Crippen LogP contribution in [-0.2, 0) is 4.79 Å². The average Bonchev–Trinajstić information content (AvgIpc) is 3.13. The number of aryl methyl sites for hydroxylation is 4. The zero-order valence-corrected chi connectivity index (χ0v) is 20.0. The molecule has 0 unspecified atom stereocenters. The lowest BCUT2D eigenvalue weighted by Crippen LogP contribution is -2.16. The number of nitrogens with zero attached hydrogens (tertiary/aromatic N) is 3. The molecule has 0 aliphatic heterocycles. The number of aromatic nitrogens is 3. The molecule has 0 radical (unpaired) electrons. The van der Waals surface area contributed by atoms with Gasteiger partial charge in [-0.05, 0) is 69.5 Å². The predicted octanol–water partition coefficient (Wildman–Crippen LogP) is 6.11. The lowest BCUT2D eigenvalue weighted by Gasteiger charge is -2.12. The number of benzene rings is 2. The minimum atomic E-state index is -0.108. The summed E-state index contributed by atoms with van der Waals surface area (Å²) in [6.45, 7) is 8.52. The van der Waals surface area contributed by atoms with Crippen LogP contribution in [0.15, 0.2) is 48.5 Å². The van der Waals surface area contributed by atoms with Gasteiger partial charge in [-0.2, -0.15) is 9.78 Å². The molecule has 0 atom stereocenters. The van der Waals surface area contributed by atoms with Crippen molar-refractivity contribution in [1.82, 2.24) is 14.8 Å². The molecule has 2 aromatic heterocycles. The summed E-state index contributed by atoms with van der Waals surface area (Å²) >= 11 is 6.10. The van der Waals surface area contributed by atoms with Gasteiger partial charge in [0.25, 0.3) is 0 Å². The lowest BCUT2D eigenvalue weighted by atomic mass is 10.0. The van der Waals surface area contributed by atoms with Gasteiger partial charge in [0.15, 0.2) is 5.82 Å². The van der Waals surface area contributed by atoms with Gasteiger partial charge < -0.3 is 10.1 Å². The van der Waals surface area contributed by atoms with E-state index >= 15 is 0 Å². The number of carbonyl (C=O) groups is 1. The molecule has 1 amide bonds. The van der Waals surface area contributed by atoms with E-state index in [1.54, 1.807) is 10.7 Å². The Bertz CT molecular complexity index is 1330. The normalized spacial score (nSPS) is 11.1. The maximum atomic E-state index is 12.6. The van der Waals surface area contributed by atoms with Crippen LogP contribution in [0.5, 0.6) is 5.75 Å². The number of ether oxygens (including phenoxy) is 1. The largest absolute Gasteiger partial charge is 0.492 e. The molecule has 0 saturated heterocycles. The first kappa shape index (κ1) is 22.8. The number of nitrogens with one attached hydrogen (secondary N) is 1. The summed E-state index contributed by atoms with van der Waals surface area (Å²) in [5, 5.41) is 9.24. The van der Waals surface area contributed by atoms with E-state index in [0.717, 1.165) is 27.7 Å². The Morgan fingerprint density at radius 1 is 1.06 bits per heavy atom. The van der Waals surface area contributed by atoms with Crippen LogP contribution in [0.3, 0.4) is 0 Å². The molecule has 4 rings (SSSR count). The number of halogens is 1. The number of para-hydroxylation sites is 1. The Kier molecular flexibility index (Phi) is 6.65. The van der Waals surface area contributed by atoms with E-state index in [1.165, 1.54) is 5.56 Å². The highest BCUT2D eigenvalue weighted by Crippen LogP contribution is 2.26. The van der Waals surface area contributed by atoms with Crippen LogP contribution in [0.2, 0.25) is 5.02 Å². The first-order valence-electron chi connectivity index (χ1n) is 10.9. The molecule has 2 aromatic carbocycles. The second-order valence-corrected chi connectivity index (χ2v) is 8.70. The van der Waals surface area contributed by atoms with Crippen LogP contribution in [0.1, 0.15) is 35.2 Å².